The number of piperidine rings is 1. The molecule has 0 spiro atoms. The van der Waals surface area contributed by atoms with Crippen molar-refractivity contribution in [2.24, 2.45) is 5.41 Å². The van der Waals surface area contributed by atoms with Gasteiger partial charge in [0, 0.05) is 32.1 Å². The molecule has 0 saturated carbocycles. The van der Waals surface area contributed by atoms with Crippen LogP contribution in [0.4, 0.5) is 0 Å². The number of carbonyl (C=O) groups is 2. The molecule has 2 rings (SSSR count). The molecule has 0 aromatic rings. The van der Waals surface area contributed by atoms with Crippen molar-refractivity contribution in [2.45, 2.75) is 52.0 Å². The van der Waals surface area contributed by atoms with E-state index in [1.807, 2.05) is 11.8 Å². The summed E-state index contributed by atoms with van der Waals surface area (Å²) in [6.45, 7) is 7.32. The monoisotopic (exact) mass is 281 g/mol. The Morgan fingerprint density at radius 2 is 2.30 bits per heavy atom. The Balaban J connectivity index is 1.87. The molecule has 2 aliphatic heterocycles. The number of hydrogen-bond acceptors (Lipinski definition) is 3. The first-order valence-corrected chi connectivity index (χ1v) is 7.87. The zero-order valence-electron chi connectivity index (χ0n) is 12.7. The minimum Gasteiger partial charge on any atom is -0.351 e. The van der Waals surface area contributed by atoms with E-state index in [9.17, 15) is 9.59 Å². The number of amides is 2. The summed E-state index contributed by atoms with van der Waals surface area (Å²) in [5.74, 6) is 0.363. The number of hydrogen-bond donors (Lipinski definition) is 2. The molecule has 0 radical (unpaired) electrons. The first kappa shape index (κ1) is 15.3. The summed E-state index contributed by atoms with van der Waals surface area (Å²) in [6.07, 6.45) is 4.48. The lowest BCUT2D eigenvalue weighted by Gasteiger charge is -2.36. The van der Waals surface area contributed by atoms with Gasteiger partial charge in [-0.2, -0.15) is 0 Å². The van der Waals surface area contributed by atoms with E-state index in [4.69, 9.17) is 0 Å². The lowest BCUT2D eigenvalue weighted by Crippen LogP contribution is -2.53. The summed E-state index contributed by atoms with van der Waals surface area (Å²) in [5, 5.41) is 6.45. The number of nitrogens with one attached hydrogen (secondary N) is 2. The van der Waals surface area contributed by atoms with Gasteiger partial charge in [-0.1, -0.05) is 6.92 Å². The van der Waals surface area contributed by atoms with Gasteiger partial charge in [-0.15, -0.1) is 0 Å². The zero-order valence-corrected chi connectivity index (χ0v) is 12.7. The van der Waals surface area contributed by atoms with Crippen molar-refractivity contribution in [1.82, 2.24) is 15.5 Å². The highest BCUT2D eigenvalue weighted by Crippen LogP contribution is 2.30. The lowest BCUT2D eigenvalue weighted by atomic mass is 9.77. The molecule has 2 amide bonds. The van der Waals surface area contributed by atoms with Crippen LogP contribution in [0.3, 0.4) is 0 Å². The Morgan fingerprint density at radius 1 is 1.50 bits per heavy atom. The van der Waals surface area contributed by atoms with E-state index in [1.165, 1.54) is 0 Å². The van der Waals surface area contributed by atoms with Gasteiger partial charge in [-0.3, -0.25) is 9.59 Å². The third kappa shape index (κ3) is 3.32. The molecule has 20 heavy (non-hydrogen) atoms. The zero-order chi connectivity index (χ0) is 14.6. The Labute approximate surface area is 121 Å². The summed E-state index contributed by atoms with van der Waals surface area (Å²) in [4.78, 5) is 26.0. The van der Waals surface area contributed by atoms with Crippen molar-refractivity contribution in [2.75, 3.05) is 26.2 Å². The van der Waals surface area contributed by atoms with Crippen LogP contribution >= 0.6 is 0 Å². The van der Waals surface area contributed by atoms with Crippen molar-refractivity contribution in [3.8, 4) is 0 Å². The molecule has 0 aromatic heterocycles. The molecule has 2 N–H and O–H groups in total. The highest BCUT2D eigenvalue weighted by atomic mass is 16.2. The standard InChI is InChI=1S/C15H27N3O2/c1-3-15(7-5-8-16-11-15)14(20)17-12(2)10-18-9-4-6-13(18)19/h12,16H,3-11H2,1-2H3,(H,17,20). The highest BCUT2D eigenvalue weighted by Gasteiger charge is 2.38. The van der Waals surface area contributed by atoms with Crippen LogP contribution in [0, 0.1) is 5.41 Å². The van der Waals surface area contributed by atoms with Crippen molar-refractivity contribution in [1.29, 1.82) is 0 Å². The summed E-state index contributed by atoms with van der Waals surface area (Å²) < 4.78 is 0. The number of rotatable bonds is 5. The maximum absolute atomic E-state index is 12.6. The Kier molecular flexibility index (Phi) is 5.02. The molecule has 5 heteroatoms. The molecule has 114 valence electrons. The van der Waals surface area contributed by atoms with Gasteiger partial charge >= 0.3 is 0 Å². The van der Waals surface area contributed by atoms with Gasteiger partial charge in [0.1, 0.15) is 0 Å². The molecule has 2 saturated heterocycles. The van der Waals surface area contributed by atoms with Crippen LogP contribution in [0.25, 0.3) is 0 Å². The number of nitrogens with zero attached hydrogens (tertiary/aromatic N) is 1. The maximum Gasteiger partial charge on any atom is 0.227 e. The van der Waals surface area contributed by atoms with E-state index in [0.29, 0.717) is 13.0 Å². The SMILES string of the molecule is CCC1(C(=O)NC(C)CN2CCCC2=O)CCCNC1. The Bertz CT molecular complexity index is 364. The lowest BCUT2D eigenvalue weighted by molar-refractivity contribution is -0.134. The van der Waals surface area contributed by atoms with Crippen LogP contribution in [0.1, 0.15) is 46.0 Å². The van der Waals surface area contributed by atoms with Crippen LogP contribution in [0.5, 0.6) is 0 Å². The molecule has 0 bridgehead atoms. The number of likely N-dealkylation sites (tertiary alicyclic amines) is 1. The molecule has 2 aliphatic rings. The second kappa shape index (κ2) is 6.57. The average molecular weight is 281 g/mol. The quantitative estimate of drug-likeness (QED) is 0.787. The molecule has 0 aliphatic carbocycles. The van der Waals surface area contributed by atoms with Crippen LogP contribution in [-0.4, -0.2) is 48.9 Å². The van der Waals surface area contributed by atoms with Gasteiger partial charge in [0.05, 0.1) is 5.41 Å². The Hall–Kier alpha value is -1.10. The van der Waals surface area contributed by atoms with E-state index < -0.39 is 0 Å². The van der Waals surface area contributed by atoms with Crippen molar-refractivity contribution in [3.63, 3.8) is 0 Å². The van der Waals surface area contributed by atoms with E-state index in [1.54, 1.807) is 0 Å². The van der Waals surface area contributed by atoms with Gasteiger partial charge < -0.3 is 15.5 Å². The molecule has 2 heterocycles. The summed E-state index contributed by atoms with van der Waals surface area (Å²) in [6, 6.07) is 0.0231. The molecule has 2 unspecified atom stereocenters. The summed E-state index contributed by atoms with van der Waals surface area (Å²) in [7, 11) is 0. The van der Waals surface area contributed by atoms with Gasteiger partial charge in [-0.05, 0) is 39.2 Å². The van der Waals surface area contributed by atoms with Crippen LogP contribution in [-0.2, 0) is 9.59 Å². The molecule has 0 aromatic carbocycles. The third-order valence-electron chi connectivity index (χ3n) is 4.67. The van der Waals surface area contributed by atoms with Crippen molar-refractivity contribution < 1.29 is 9.59 Å². The van der Waals surface area contributed by atoms with E-state index in [-0.39, 0.29) is 23.3 Å². The first-order chi connectivity index (χ1) is 9.57. The van der Waals surface area contributed by atoms with E-state index >= 15 is 0 Å². The maximum atomic E-state index is 12.6. The fourth-order valence-corrected chi connectivity index (χ4v) is 3.27. The molecule has 5 nitrogen and oxygen atoms in total. The van der Waals surface area contributed by atoms with Gasteiger partial charge in [0.15, 0.2) is 0 Å². The van der Waals surface area contributed by atoms with E-state index in [2.05, 4.69) is 17.6 Å². The second-order valence-corrected chi connectivity index (χ2v) is 6.23. The fraction of sp³-hybridized carbons (Fsp3) is 0.867. The predicted molar refractivity (Wildman–Crippen MR) is 78.2 cm³/mol. The van der Waals surface area contributed by atoms with Crippen molar-refractivity contribution >= 4 is 11.8 Å². The van der Waals surface area contributed by atoms with E-state index in [0.717, 1.165) is 45.3 Å². The minimum absolute atomic E-state index is 0.0231. The molecular formula is C15H27N3O2. The highest BCUT2D eigenvalue weighted by molar-refractivity contribution is 5.83. The average Bonchev–Trinajstić information content (AvgIpc) is 2.84. The second-order valence-electron chi connectivity index (χ2n) is 6.23. The summed E-state index contributed by atoms with van der Waals surface area (Å²) >= 11 is 0. The van der Waals surface area contributed by atoms with Gasteiger partial charge in [0.25, 0.3) is 0 Å². The molecule has 2 fully saturated rings. The molecule has 2 atom stereocenters. The van der Waals surface area contributed by atoms with Crippen LogP contribution in [0.15, 0.2) is 0 Å². The van der Waals surface area contributed by atoms with Crippen LogP contribution < -0.4 is 10.6 Å². The fourth-order valence-electron chi connectivity index (χ4n) is 3.27. The minimum atomic E-state index is -0.262. The largest absolute Gasteiger partial charge is 0.351 e. The van der Waals surface area contributed by atoms with Gasteiger partial charge in [-0.25, -0.2) is 0 Å². The topological polar surface area (TPSA) is 61.4 Å². The summed E-state index contributed by atoms with van der Waals surface area (Å²) in [5.41, 5.74) is -0.262. The molecular weight excluding hydrogens is 254 g/mol. The third-order valence-corrected chi connectivity index (χ3v) is 4.67. The predicted octanol–water partition coefficient (Wildman–Crippen LogP) is 0.893. The van der Waals surface area contributed by atoms with Crippen LogP contribution in [0.2, 0.25) is 0 Å². The smallest absolute Gasteiger partial charge is 0.227 e. The van der Waals surface area contributed by atoms with Gasteiger partial charge in [0.2, 0.25) is 11.8 Å². The normalized spacial score (nSPS) is 28.5. The number of carbonyl (C=O) groups excluding carboxylic acids is 2. The Morgan fingerprint density at radius 3 is 2.85 bits per heavy atom. The first-order valence-electron chi connectivity index (χ1n) is 7.87. The van der Waals surface area contributed by atoms with Crippen molar-refractivity contribution in [3.05, 3.63) is 0 Å².